The average molecular weight is 424 g/mol. The number of likely N-dealkylation sites (N-methyl/N-ethyl adjacent to an activating group) is 1. The van der Waals surface area contributed by atoms with Crippen molar-refractivity contribution in [2.45, 2.75) is 31.4 Å². The molecular weight excluding hydrogens is 401 g/mol. The number of halogens is 1. The van der Waals surface area contributed by atoms with Gasteiger partial charge in [-0.15, -0.1) is 11.3 Å². The lowest BCUT2D eigenvalue weighted by Crippen LogP contribution is -2.38. The molecule has 0 bridgehead atoms. The van der Waals surface area contributed by atoms with Gasteiger partial charge in [0.25, 0.3) is 0 Å². The van der Waals surface area contributed by atoms with E-state index in [1.807, 2.05) is 42.5 Å². The van der Waals surface area contributed by atoms with E-state index < -0.39 is 12.1 Å². The Hall–Kier alpha value is -2.99. The summed E-state index contributed by atoms with van der Waals surface area (Å²) in [5.41, 5.74) is 1.94. The summed E-state index contributed by atoms with van der Waals surface area (Å²) < 4.78 is 19.1. The molecule has 0 saturated carbocycles. The molecule has 0 spiro atoms. The third kappa shape index (κ3) is 4.00. The number of carbonyl (C=O) groups excluding carboxylic acids is 2. The zero-order chi connectivity index (χ0) is 21.3. The highest BCUT2D eigenvalue weighted by atomic mass is 32.1. The molecule has 1 aliphatic heterocycles. The molecule has 0 N–H and O–H groups in total. The molecule has 2 aromatic carbocycles. The van der Waals surface area contributed by atoms with Crippen molar-refractivity contribution in [1.29, 1.82) is 0 Å². The van der Waals surface area contributed by atoms with E-state index in [9.17, 15) is 14.0 Å². The Morgan fingerprint density at radius 1 is 1.10 bits per heavy atom. The fourth-order valence-corrected chi connectivity index (χ4v) is 5.15. The van der Waals surface area contributed by atoms with Crippen LogP contribution in [0.3, 0.4) is 0 Å². The van der Waals surface area contributed by atoms with Crippen molar-refractivity contribution in [2.24, 2.45) is 0 Å². The van der Waals surface area contributed by atoms with Gasteiger partial charge in [0.05, 0.1) is 6.04 Å². The molecule has 0 aliphatic carbocycles. The maximum absolute atomic E-state index is 13.3. The summed E-state index contributed by atoms with van der Waals surface area (Å²) in [6, 6.07) is 19.7. The van der Waals surface area contributed by atoms with Gasteiger partial charge in [0.2, 0.25) is 5.91 Å². The van der Waals surface area contributed by atoms with Gasteiger partial charge in [0.1, 0.15) is 5.82 Å². The minimum Gasteiger partial charge on any atom is -0.455 e. The first-order chi connectivity index (χ1) is 14.4. The first-order valence-electron chi connectivity index (χ1n) is 9.77. The van der Waals surface area contributed by atoms with Crippen molar-refractivity contribution in [3.63, 3.8) is 0 Å². The Morgan fingerprint density at radius 3 is 2.47 bits per heavy atom. The first kappa shape index (κ1) is 20.3. The molecule has 1 aliphatic rings. The van der Waals surface area contributed by atoms with Gasteiger partial charge in [-0.1, -0.05) is 42.5 Å². The lowest BCUT2D eigenvalue weighted by Gasteiger charge is -2.32. The molecule has 0 unspecified atom stereocenters. The molecule has 1 fully saturated rings. The predicted octanol–water partition coefficient (Wildman–Crippen LogP) is 5.17. The van der Waals surface area contributed by atoms with Gasteiger partial charge in [0.15, 0.2) is 6.10 Å². The van der Waals surface area contributed by atoms with Crippen molar-refractivity contribution in [1.82, 2.24) is 4.90 Å². The Balaban J connectivity index is 1.72. The molecule has 1 amide bonds. The molecule has 154 valence electrons. The predicted molar refractivity (Wildman–Crippen MR) is 115 cm³/mol. The van der Waals surface area contributed by atoms with E-state index in [1.165, 1.54) is 30.4 Å². The van der Waals surface area contributed by atoms with Gasteiger partial charge in [-0.3, -0.25) is 9.59 Å². The number of carbonyl (C=O) groups is 2. The number of rotatable bonds is 5. The van der Waals surface area contributed by atoms with Gasteiger partial charge in [-0.05, 0) is 35.4 Å². The van der Waals surface area contributed by atoms with E-state index >= 15 is 0 Å². The molecular formula is C24H22FNO3S. The number of esters is 1. The number of benzene rings is 2. The highest BCUT2D eigenvalue weighted by Gasteiger charge is 2.45. The van der Waals surface area contributed by atoms with Crippen LogP contribution in [0.1, 0.15) is 35.8 Å². The maximum Gasteiger partial charge on any atom is 0.303 e. The molecule has 3 atom stereocenters. The number of amides is 1. The van der Waals surface area contributed by atoms with Crippen LogP contribution in [-0.4, -0.2) is 29.9 Å². The van der Waals surface area contributed by atoms with E-state index in [2.05, 4.69) is 0 Å². The van der Waals surface area contributed by atoms with E-state index in [0.29, 0.717) is 6.42 Å². The average Bonchev–Trinajstić information content (AvgIpc) is 3.33. The summed E-state index contributed by atoms with van der Waals surface area (Å²) in [4.78, 5) is 28.1. The van der Waals surface area contributed by atoms with E-state index in [0.717, 1.165) is 20.9 Å². The molecule has 3 aromatic rings. The Kier molecular flexibility index (Phi) is 5.68. The number of hydrogen-bond acceptors (Lipinski definition) is 4. The summed E-state index contributed by atoms with van der Waals surface area (Å²) in [6.07, 6.45) is -0.206. The standard InChI is InChI=1S/C24H22FNO3S/c1-15(27)29-24(21-13-12-20(30-21)17-8-10-18(25)11-9-17)23-19(14-22(28)26(23)2)16-6-4-3-5-7-16/h3-13,19,23-24H,14H2,1-2H3/t19-,23-,24-/m1/s1. The van der Waals surface area contributed by atoms with Crippen molar-refractivity contribution in [2.75, 3.05) is 7.05 Å². The van der Waals surface area contributed by atoms with Gasteiger partial charge in [0, 0.05) is 36.1 Å². The topological polar surface area (TPSA) is 46.6 Å². The van der Waals surface area contributed by atoms with E-state index in [-0.39, 0.29) is 23.7 Å². The van der Waals surface area contributed by atoms with Crippen LogP contribution in [0.5, 0.6) is 0 Å². The Bertz CT molecular complexity index is 1050. The summed E-state index contributed by atoms with van der Waals surface area (Å²) in [5.74, 6) is -0.729. The van der Waals surface area contributed by atoms with Gasteiger partial charge >= 0.3 is 5.97 Å². The quantitative estimate of drug-likeness (QED) is 0.532. The first-order valence-corrected chi connectivity index (χ1v) is 10.6. The highest BCUT2D eigenvalue weighted by Crippen LogP contribution is 2.44. The number of nitrogens with zero attached hydrogens (tertiary/aromatic N) is 1. The zero-order valence-corrected chi connectivity index (χ0v) is 17.6. The third-order valence-electron chi connectivity index (χ3n) is 5.51. The van der Waals surface area contributed by atoms with Gasteiger partial charge in [-0.25, -0.2) is 4.39 Å². The Morgan fingerprint density at radius 2 is 1.80 bits per heavy atom. The lowest BCUT2D eigenvalue weighted by atomic mass is 9.88. The van der Waals surface area contributed by atoms with Gasteiger partial charge in [-0.2, -0.15) is 0 Å². The molecule has 30 heavy (non-hydrogen) atoms. The summed E-state index contributed by atoms with van der Waals surface area (Å²) in [6.45, 7) is 1.38. The van der Waals surface area contributed by atoms with Crippen LogP contribution in [0, 0.1) is 5.82 Å². The molecule has 6 heteroatoms. The highest BCUT2D eigenvalue weighted by molar-refractivity contribution is 7.15. The molecule has 4 rings (SSSR count). The van der Waals surface area contributed by atoms with Crippen LogP contribution >= 0.6 is 11.3 Å². The van der Waals surface area contributed by atoms with Crippen molar-refractivity contribution in [3.05, 3.63) is 83.0 Å². The van der Waals surface area contributed by atoms with Crippen molar-refractivity contribution < 1.29 is 18.7 Å². The largest absolute Gasteiger partial charge is 0.455 e. The number of hydrogen-bond donors (Lipinski definition) is 0. The third-order valence-corrected chi connectivity index (χ3v) is 6.71. The Labute approximate surface area is 178 Å². The molecule has 0 radical (unpaired) electrons. The second-order valence-corrected chi connectivity index (χ2v) is 8.57. The van der Waals surface area contributed by atoms with Crippen LogP contribution in [0.15, 0.2) is 66.7 Å². The summed E-state index contributed by atoms with van der Waals surface area (Å²) in [5, 5.41) is 0. The zero-order valence-electron chi connectivity index (χ0n) is 16.7. The maximum atomic E-state index is 13.3. The van der Waals surface area contributed by atoms with Crippen LogP contribution < -0.4 is 0 Å². The monoisotopic (exact) mass is 423 g/mol. The summed E-state index contributed by atoms with van der Waals surface area (Å²) >= 11 is 1.49. The molecule has 1 aromatic heterocycles. The fourth-order valence-electron chi connectivity index (χ4n) is 4.07. The van der Waals surface area contributed by atoms with Crippen LogP contribution in [-0.2, 0) is 14.3 Å². The van der Waals surface area contributed by atoms with Crippen molar-refractivity contribution >= 4 is 23.2 Å². The van der Waals surface area contributed by atoms with E-state index in [4.69, 9.17) is 4.74 Å². The lowest BCUT2D eigenvalue weighted by molar-refractivity contribution is -0.151. The smallest absolute Gasteiger partial charge is 0.303 e. The van der Waals surface area contributed by atoms with Crippen LogP contribution in [0.4, 0.5) is 4.39 Å². The number of likely N-dealkylation sites (tertiary alicyclic amines) is 1. The normalized spacial score (nSPS) is 19.7. The van der Waals surface area contributed by atoms with E-state index in [1.54, 1.807) is 24.1 Å². The molecule has 1 saturated heterocycles. The number of thiophene rings is 1. The van der Waals surface area contributed by atoms with Crippen LogP contribution in [0.2, 0.25) is 0 Å². The minimum absolute atomic E-state index is 0.0290. The number of ether oxygens (including phenoxy) is 1. The fraction of sp³-hybridized carbons (Fsp3) is 0.250. The second-order valence-electron chi connectivity index (χ2n) is 7.46. The van der Waals surface area contributed by atoms with Crippen LogP contribution in [0.25, 0.3) is 10.4 Å². The van der Waals surface area contributed by atoms with Crippen molar-refractivity contribution in [3.8, 4) is 10.4 Å². The minimum atomic E-state index is -0.580. The van der Waals surface area contributed by atoms with Gasteiger partial charge < -0.3 is 9.64 Å². The molecule has 2 heterocycles. The molecule has 4 nitrogen and oxygen atoms in total. The summed E-state index contributed by atoms with van der Waals surface area (Å²) in [7, 11) is 1.76. The SMILES string of the molecule is CC(=O)O[C@H](c1ccc(-c2ccc(F)cc2)s1)[C@H]1[C@@H](c2ccccc2)CC(=O)N1C. The second kappa shape index (κ2) is 8.40.